The van der Waals surface area contributed by atoms with Gasteiger partial charge in [-0.05, 0) is 0 Å². The van der Waals surface area contributed by atoms with Crippen LogP contribution in [-0.2, 0) is 6.67 Å². The summed E-state index contributed by atoms with van der Waals surface area (Å²) in [5.74, 6) is 2.96. The molecule has 4 heteroatoms. The van der Waals surface area contributed by atoms with Crippen LogP contribution in [-0.4, -0.2) is 18.3 Å². The molecule has 0 aliphatic rings. The van der Waals surface area contributed by atoms with Crippen LogP contribution < -0.4 is 0 Å². The fourth-order valence-electron chi connectivity index (χ4n) is 0.777. The third kappa shape index (κ3) is 3.03. The van der Waals surface area contributed by atoms with Crippen molar-refractivity contribution in [1.82, 2.24) is 10.2 Å². The zero-order valence-corrected chi connectivity index (χ0v) is 9.11. The second kappa shape index (κ2) is 3.75. The monoisotopic (exact) mass is 196 g/mol. The summed E-state index contributed by atoms with van der Waals surface area (Å²) >= 11 is 0. The van der Waals surface area contributed by atoms with Gasteiger partial charge in [0.2, 0.25) is 0 Å². The number of alkyl halides is 1. The summed E-state index contributed by atoms with van der Waals surface area (Å²) in [7, 11) is -1.37. The van der Waals surface area contributed by atoms with Gasteiger partial charge in [0.25, 0.3) is 0 Å². The molecular formula is C9H13FN2Si. The van der Waals surface area contributed by atoms with Crippen LogP contribution in [0.5, 0.6) is 0 Å². The summed E-state index contributed by atoms with van der Waals surface area (Å²) in [5, 5.41) is 6.32. The summed E-state index contributed by atoms with van der Waals surface area (Å²) in [6, 6.07) is 0. The van der Waals surface area contributed by atoms with Crippen molar-refractivity contribution in [1.29, 1.82) is 0 Å². The predicted octanol–water partition coefficient (Wildman–Crippen LogP) is 2.11. The summed E-state index contributed by atoms with van der Waals surface area (Å²) in [6.45, 7) is 5.91. The highest BCUT2D eigenvalue weighted by molar-refractivity contribution is 6.83. The Morgan fingerprint density at radius 3 is 2.77 bits per heavy atom. The van der Waals surface area contributed by atoms with Gasteiger partial charge in [0.1, 0.15) is 14.7 Å². The van der Waals surface area contributed by atoms with E-state index in [9.17, 15) is 4.39 Å². The lowest BCUT2D eigenvalue weighted by molar-refractivity contribution is 0.475. The van der Waals surface area contributed by atoms with E-state index < -0.39 is 14.7 Å². The number of aromatic amines is 1. The average Bonchev–Trinajstić information content (AvgIpc) is 2.46. The maximum atomic E-state index is 12.3. The molecule has 0 atom stereocenters. The van der Waals surface area contributed by atoms with E-state index in [0.717, 1.165) is 0 Å². The fourth-order valence-corrected chi connectivity index (χ4v) is 1.29. The summed E-state index contributed by atoms with van der Waals surface area (Å²) in [6.07, 6.45) is 1.57. The van der Waals surface area contributed by atoms with E-state index in [4.69, 9.17) is 0 Å². The van der Waals surface area contributed by atoms with E-state index in [1.165, 1.54) is 0 Å². The quantitative estimate of drug-likeness (QED) is 0.541. The predicted molar refractivity (Wildman–Crippen MR) is 53.6 cm³/mol. The molecule has 0 unspecified atom stereocenters. The van der Waals surface area contributed by atoms with Crippen molar-refractivity contribution in [2.24, 2.45) is 0 Å². The van der Waals surface area contributed by atoms with Gasteiger partial charge >= 0.3 is 0 Å². The number of halogens is 1. The van der Waals surface area contributed by atoms with Crippen LogP contribution in [0.2, 0.25) is 19.6 Å². The number of aromatic nitrogens is 2. The van der Waals surface area contributed by atoms with Crippen LogP contribution in [0.25, 0.3) is 0 Å². The normalized spacial score (nSPS) is 10.8. The molecule has 0 radical (unpaired) electrons. The summed E-state index contributed by atoms with van der Waals surface area (Å²) in [5.41, 5.74) is 4.32. The fraction of sp³-hybridized carbons (Fsp3) is 0.444. The molecule has 70 valence electrons. The van der Waals surface area contributed by atoms with Gasteiger partial charge in [0.15, 0.2) is 0 Å². The first kappa shape index (κ1) is 10.0. The van der Waals surface area contributed by atoms with Gasteiger partial charge in [-0.3, -0.25) is 5.10 Å². The van der Waals surface area contributed by atoms with E-state index in [1.54, 1.807) is 6.20 Å². The molecule has 0 saturated heterocycles. The Morgan fingerprint density at radius 1 is 1.54 bits per heavy atom. The molecule has 0 aliphatic carbocycles. The van der Waals surface area contributed by atoms with Gasteiger partial charge in [-0.15, -0.1) is 5.54 Å². The van der Waals surface area contributed by atoms with E-state index in [1.807, 2.05) is 0 Å². The largest absolute Gasteiger partial charge is 0.279 e. The molecule has 0 bridgehead atoms. The molecule has 0 amide bonds. The first-order valence-electron chi connectivity index (χ1n) is 4.14. The molecule has 1 rings (SSSR count). The second-order valence-corrected chi connectivity index (χ2v) is 8.65. The van der Waals surface area contributed by atoms with E-state index in [2.05, 4.69) is 41.3 Å². The van der Waals surface area contributed by atoms with E-state index in [-0.39, 0.29) is 0 Å². The summed E-state index contributed by atoms with van der Waals surface area (Å²) in [4.78, 5) is 0. The van der Waals surface area contributed by atoms with Crippen molar-refractivity contribution in [2.45, 2.75) is 26.3 Å². The molecule has 0 aromatic carbocycles. The Hall–Kier alpha value is -1.08. The highest BCUT2D eigenvalue weighted by Gasteiger charge is 2.08. The molecule has 0 spiro atoms. The van der Waals surface area contributed by atoms with Gasteiger partial charge in [-0.25, -0.2) is 4.39 Å². The summed E-state index contributed by atoms with van der Waals surface area (Å²) < 4.78 is 12.3. The molecule has 0 saturated carbocycles. The Morgan fingerprint density at radius 2 is 2.23 bits per heavy atom. The highest BCUT2D eigenvalue weighted by atomic mass is 28.3. The molecule has 2 nitrogen and oxygen atoms in total. The smallest absolute Gasteiger partial charge is 0.132 e. The first-order valence-corrected chi connectivity index (χ1v) is 7.64. The first-order chi connectivity index (χ1) is 6.03. The number of nitrogens with zero attached hydrogens (tertiary/aromatic N) is 1. The Balaban J connectivity index is 2.89. The molecule has 0 aliphatic heterocycles. The Kier molecular flexibility index (Phi) is 2.89. The van der Waals surface area contributed by atoms with Crippen molar-refractivity contribution in [2.75, 3.05) is 0 Å². The molecular weight excluding hydrogens is 183 g/mol. The Bertz CT molecular complexity index is 340. The number of hydrogen-bond acceptors (Lipinski definition) is 1. The maximum Gasteiger partial charge on any atom is 0.132 e. The number of H-pyrrole nitrogens is 1. The molecule has 0 fully saturated rings. The highest BCUT2D eigenvalue weighted by Crippen LogP contribution is 2.05. The third-order valence-electron chi connectivity index (χ3n) is 1.42. The minimum absolute atomic E-state index is 0.478. The zero-order chi connectivity index (χ0) is 9.90. The maximum absolute atomic E-state index is 12.3. The molecule has 1 N–H and O–H groups in total. The SMILES string of the molecule is C[Si](C)(C)C#Cc1cn[nH]c1CF. The van der Waals surface area contributed by atoms with E-state index in [0.29, 0.717) is 11.3 Å². The van der Waals surface area contributed by atoms with Gasteiger partial charge in [0.05, 0.1) is 17.5 Å². The number of rotatable bonds is 1. The topological polar surface area (TPSA) is 28.7 Å². The molecule has 1 heterocycles. The Labute approximate surface area is 78.6 Å². The standard InChI is InChI=1S/C9H13FN2Si/c1-13(2,3)5-4-8-7-11-12-9(8)6-10/h7H,6H2,1-3H3,(H,11,12). The molecule has 1 aromatic rings. The van der Waals surface area contributed by atoms with E-state index >= 15 is 0 Å². The molecule has 1 aromatic heterocycles. The van der Waals surface area contributed by atoms with Gasteiger partial charge < -0.3 is 0 Å². The van der Waals surface area contributed by atoms with Gasteiger partial charge in [-0.1, -0.05) is 25.6 Å². The van der Waals surface area contributed by atoms with Crippen molar-refractivity contribution in [3.05, 3.63) is 17.5 Å². The zero-order valence-electron chi connectivity index (χ0n) is 8.11. The van der Waals surface area contributed by atoms with Crippen LogP contribution in [0, 0.1) is 11.5 Å². The van der Waals surface area contributed by atoms with Crippen molar-refractivity contribution < 1.29 is 4.39 Å². The third-order valence-corrected chi connectivity index (χ3v) is 2.30. The molecule has 13 heavy (non-hydrogen) atoms. The minimum Gasteiger partial charge on any atom is -0.279 e. The van der Waals surface area contributed by atoms with Crippen LogP contribution >= 0.6 is 0 Å². The number of hydrogen-bond donors (Lipinski definition) is 1. The van der Waals surface area contributed by atoms with Crippen LogP contribution in [0.15, 0.2) is 6.20 Å². The lowest BCUT2D eigenvalue weighted by Crippen LogP contribution is -2.16. The second-order valence-electron chi connectivity index (χ2n) is 3.90. The van der Waals surface area contributed by atoms with Crippen molar-refractivity contribution >= 4 is 8.07 Å². The van der Waals surface area contributed by atoms with Crippen LogP contribution in [0.1, 0.15) is 11.3 Å². The van der Waals surface area contributed by atoms with Crippen molar-refractivity contribution in [3.63, 3.8) is 0 Å². The minimum atomic E-state index is -1.37. The van der Waals surface area contributed by atoms with Crippen LogP contribution in [0.4, 0.5) is 4.39 Å². The number of nitrogens with one attached hydrogen (secondary N) is 1. The van der Waals surface area contributed by atoms with Gasteiger partial charge in [0, 0.05) is 0 Å². The lowest BCUT2D eigenvalue weighted by Gasteiger charge is -2.02. The van der Waals surface area contributed by atoms with Crippen LogP contribution in [0.3, 0.4) is 0 Å². The average molecular weight is 196 g/mol. The lowest BCUT2D eigenvalue weighted by atomic mass is 10.3. The van der Waals surface area contributed by atoms with Crippen molar-refractivity contribution in [3.8, 4) is 11.5 Å². The van der Waals surface area contributed by atoms with Gasteiger partial charge in [-0.2, -0.15) is 5.10 Å².